The number of rotatable bonds is 5. The smallest absolute Gasteiger partial charge is 0.309 e. The lowest BCUT2D eigenvalue weighted by Crippen LogP contribution is -1.99. The lowest BCUT2D eigenvalue weighted by molar-refractivity contribution is 0.225. The Morgan fingerprint density at radius 3 is 1.90 bits per heavy atom. The highest BCUT2D eigenvalue weighted by Crippen LogP contribution is 2.43. The average Bonchev–Trinajstić information content (AvgIpc) is 2.28. The summed E-state index contributed by atoms with van der Waals surface area (Å²) in [5.74, 6) is 0. The molecule has 0 radical (unpaired) electrons. The Morgan fingerprint density at radius 1 is 1.15 bits per heavy atom. The van der Waals surface area contributed by atoms with Gasteiger partial charge in [-0.1, -0.05) is 18.2 Å². The van der Waals surface area contributed by atoms with Gasteiger partial charge in [0, 0.05) is 6.66 Å². The fourth-order valence-corrected chi connectivity index (χ4v) is 3.09. The molecule has 1 aromatic carbocycles. The molecule has 0 fully saturated rings. The molecule has 0 aliphatic rings. The molecule has 0 saturated carbocycles. The van der Waals surface area contributed by atoms with E-state index in [0.717, 1.165) is 0 Å². The molecule has 8 heteroatoms. The van der Waals surface area contributed by atoms with Crippen LogP contribution in [0.5, 0.6) is 0 Å². The summed E-state index contributed by atoms with van der Waals surface area (Å²) in [5, 5.41) is 0. The first-order valence-electron chi connectivity index (χ1n) is 6.03. The van der Waals surface area contributed by atoms with Crippen LogP contribution >= 0.6 is 7.60 Å². The minimum atomic E-state index is -4.03. The third-order valence-corrected chi connectivity index (χ3v) is 4.57. The molecular weight excluding hydrogens is 303 g/mol. The van der Waals surface area contributed by atoms with Gasteiger partial charge in [0.15, 0.2) is 0 Å². The Bertz CT molecular complexity index is 545. The first kappa shape index (κ1) is 19.3. The Morgan fingerprint density at radius 2 is 1.60 bits per heavy atom. The van der Waals surface area contributed by atoms with Gasteiger partial charge in [-0.15, -0.1) is 0 Å². The van der Waals surface area contributed by atoms with Crippen molar-refractivity contribution < 1.29 is 26.6 Å². The third-order valence-electron chi connectivity index (χ3n) is 2.10. The SMILES string of the molecule is CCOP(C)(=O)OCC.Cc1ccccc1S(=O)(=O)O. The van der Waals surface area contributed by atoms with Gasteiger partial charge < -0.3 is 9.05 Å². The molecule has 0 aromatic heterocycles. The maximum Gasteiger partial charge on any atom is 0.327 e. The van der Waals surface area contributed by atoms with Crippen LogP contribution in [0.25, 0.3) is 0 Å². The van der Waals surface area contributed by atoms with Crippen molar-refractivity contribution in [1.29, 1.82) is 0 Å². The first-order chi connectivity index (χ1) is 9.14. The van der Waals surface area contributed by atoms with Gasteiger partial charge in [0.1, 0.15) is 0 Å². The summed E-state index contributed by atoms with van der Waals surface area (Å²) in [6.45, 7) is 7.55. The van der Waals surface area contributed by atoms with Gasteiger partial charge in [-0.25, -0.2) is 0 Å². The zero-order valence-electron chi connectivity index (χ0n) is 12.1. The molecule has 0 aliphatic carbocycles. The minimum Gasteiger partial charge on any atom is -0.309 e. The predicted octanol–water partition coefficient (Wildman–Crippen LogP) is 3.12. The maximum absolute atomic E-state index is 11.0. The van der Waals surface area contributed by atoms with Gasteiger partial charge in [0.05, 0.1) is 18.1 Å². The van der Waals surface area contributed by atoms with Crippen molar-refractivity contribution in [2.24, 2.45) is 0 Å². The van der Waals surface area contributed by atoms with Gasteiger partial charge in [-0.05, 0) is 32.4 Å². The summed E-state index contributed by atoms with van der Waals surface area (Å²) in [4.78, 5) is -0.0278. The first-order valence-corrected chi connectivity index (χ1v) is 9.46. The molecule has 6 nitrogen and oxygen atoms in total. The molecule has 20 heavy (non-hydrogen) atoms. The Balaban J connectivity index is 0.000000370. The van der Waals surface area contributed by atoms with E-state index < -0.39 is 17.7 Å². The van der Waals surface area contributed by atoms with Crippen LogP contribution in [0.1, 0.15) is 19.4 Å². The van der Waals surface area contributed by atoms with E-state index in [9.17, 15) is 13.0 Å². The van der Waals surface area contributed by atoms with E-state index in [1.54, 1.807) is 39.0 Å². The largest absolute Gasteiger partial charge is 0.327 e. The third kappa shape index (κ3) is 7.77. The normalized spacial score (nSPS) is 11.7. The van der Waals surface area contributed by atoms with Crippen molar-refractivity contribution in [1.82, 2.24) is 0 Å². The summed E-state index contributed by atoms with van der Waals surface area (Å²) < 4.78 is 50.4. The van der Waals surface area contributed by atoms with E-state index in [2.05, 4.69) is 0 Å². The number of aryl methyl sites for hydroxylation is 1. The zero-order chi connectivity index (χ0) is 15.8. The Kier molecular flexibility index (Phi) is 8.23. The topological polar surface area (TPSA) is 89.9 Å². The predicted molar refractivity (Wildman–Crippen MR) is 77.8 cm³/mol. The molecule has 0 amide bonds. The highest BCUT2D eigenvalue weighted by molar-refractivity contribution is 7.85. The Labute approximate surface area is 120 Å². The van der Waals surface area contributed by atoms with E-state index in [-0.39, 0.29) is 4.90 Å². The van der Waals surface area contributed by atoms with Crippen molar-refractivity contribution in [3.63, 3.8) is 0 Å². The van der Waals surface area contributed by atoms with Crippen LogP contribution in [0.2, 0.25) is 0 Å². The summed E-state index contributed by atoms with van der Waals surface area (Å²) in [7, 11) is -6.73. The van der Waals surface area contributed by atoms with Gasteiger partial charge in [-0.2, -0.15) is 8.42 Å². The maximum atomic E-state index is 11.0. The van der Waals surface area contributed by atoms with E-state index in [4.69, 9.17) is 13.6 Å². The standard InChI is InChI=1S/C7H8O3S.C5H13O3P/c1-6-4-2-3-5-7(6)11(8,9)10;1-4-7-9(3,6)8-5-2/h2-5H,1H3,(H,8,9,10);4-5H2,1-3H3. The molecular formula is C12H21O6PS. The summed E-state index contributed by atoms with van der Waals surface area (Å²) in [6.07, 6.45) is 0. The fraction of sp³-hybridized carbons (Fsp3) is 0.500. The quantitative estimate of drug-likeness (QED) is 0.661. The zero-order valence-corrected chi connectivity index (χ0v) is 13.8. The minimum absolute atomic E-state index is 0.0278. The summed E-state index contributed by atoms with van der Waals surface area (Å²) in [6, 6.07) is 6.27. The molecule has 0 saturated heterocycles. The van der Waals surface area contributed by atoms with Crippen LogP contribution in [0, 0.1) is 6.92 Å². The molecule has 0 heterocycles. The van der Waals surface area contributed by atoms with Gasteiger partial charge in [-0.3, -0.25) is 9.12 Å². The van der Waals surface area contributed by atoms with Crippen molar-refractivity contribution in [2.75, 3.05) is 19.9 Å². The number of hydrogen-bond donors (Lipinski definition) is 1. The van der Waals surface area contributed by atoms with E-state index >= 15 is 0 Å². The molecule has 0 atom stereocenters. The van der Waals surface area contributed by atoms with Crippen molar-refractivity contribution in [2.45, 2.75) is 25.7 Å². The second kappa shape index (κ2) is 8.54. The van der Waals surface area contributed by atoms with Gasteiger partial charge in [0.25, 0.3) is 10.1 Å². The van der Waals surface area contributed by atoms with Crippen LogP contribution < -0.4 is 0 Å². The van der Waals surface area contributed by atoms with Gasteiger partial charge >= 0.3 is 7.60 Å². The van der Waals surface area contributed by atoms with Gasteiger partial charge in [0.2, 0.25) is 0 Å². The van der Waals surface area contributed by atoms with Crippen molar-refractivity contribution >= 4 is 17.7 Å². The Hall–Kier alpha value is -0.720. The molecule has 0 unspecified atom stereocenters. The molecule has 1 aromatic rings. The fourth-order valence-electron chi connectivity index (χ4n) is 1.35. The summed E-state index contributed by atoms with van der Waals surface area (Å²) >= 11 is 0. The van der Waals surface area contributed by atoms with E-state index in [1.165, 1.54) is 12.7 Å². The van der Waals surface area contributed by atoms with E-state index in [1.807, 2.05) is 0 Å². The second-order valence-corrected chi connectivity index (χ2v) is 7.30. The van der Waals surface area contributed by atoms with Crippen molar-refractivity contribution in [3.05, 3.63) is 29.8 Å². The number of hydrogen-bond acceptors (Lipinski definition) is 5. The average molecular weight is 324 g/mol. The van der Waals surface area contributed by atoms with Crippen LogP contribution in [-0.2, 0) is 23.7 Å². The highest BCUT2D eigenvalue weighted by Gasteiger charge is 2.13. The van der Waals surface area contributed by atoms with Crippen LogP contribution in [-0.4, -0.2) is 32.8 Å². The molecule has 116 valence electrons. The van der Waals surface area contributed by atoms with Crippen molar-refractivity contribution in [3.8, 4) is 0 Å². The lowest BCUT2D eigenvalue weighted by Gasteiger charge is -2.10. The van der Waals surface area contributed by atoms with E-state index in [0.29, 0.717) is 18.8 Å². The molecule has 0 aliphatic heterocycles. The molecule has 0 bridgehead atoms. The molecule has 1 N–H and O–H groups in total. The van der Waals surface area contributed by atoms with Crippen LogP contribution in [0.3, 0.4) is 0 Å². The monoisotopic (exact) mass is 324 g/mol. The van der Waals surface area contributed by atoms with Crippen LogP contribution in [0.4, 0.5) is 0 Å². The summed E-state index contributed by atoms with van der Waals surface area (Å²) in [5.41, 5.74) is 0.551. The highest BCUT2D eigenvalue weighted by atomic mass is 32.2. The number of benzene rings is 1. The lowest BCUT2D eigenvalue weighted by atomic mass is 10.2. The second-order valence-electron chi connectivity index (χ2n) is 3.85. The molecule has 0 spiro atoms. The molecule has 1 rings (SSSR count). The van der Waals surface area contributed by atoms with Crippen LogP contribution in [0.15, 0.2) is 29.2 Å².